The molecular formula is C30H39FN4O3. The Labute approximate surface area is 224 Å². The second kappa shape index (κ2) is 10.8. The van der Waals surface area contributed by atoms with Crippen molar-refractivity contribution in [1.82, 2.24) is 19.4 Å². The van der Waals surface area contributed by atoms with Crippen LogP contribution in [0.25, 0.3) is 16.6 Å². The Morgan fingerprint density at radius 1 is 1.24 bits per heavy atom. The zero-order chi connectivity index (χ0) is 27.8. The summed E-state index contributed by atoms with van der Waals surface area (Å²) in [6.45, 7) is 12.9. The number of rotatable bonds is 5. The Kier molecular flexibility index (Phi) is 7.81. The predicted octanol–water partition coefficient (Wildman–Crippen LogP) is 6.14. The molecule has 1 aliphatic rings. The van der Waals surface area contributed by atoms with E-state index in [2.05, 4.69) is 4.98 Å². The predicted molar refractivity (Wildman–Crippen MR) is 147 cm³/mol. The summed E-state index contributed by atoms with van der Waals surface area (Å²) in [5.74, 6) is -0.423. The van der Waals surface area contributed by atoms with Crippen molar-refractivity contribution in [3.63, 3.8) is 0 Å². The fourth-order valence-corrected chi connectivity index (χ4v) is 5.14. The molecule has 38 heavy (non-hydrogen) atoms. The third-order valence-electron chi connectivity index (χ3n) is 7.20. The van der Waals surface area contributed by atoms with Crippen molar-refractivity contribution in [1.29, 1.82) is 0 Å². The third-order valence-corrected chi connectivity index (χ3v) is 7.20. The maximum Gasteiger partial charge on any atom is 0.410 e. The molecule has 0 radical (unpaired) electrons. The van der Waals surface area contributed by atoms with Crippen LogP contribution in [0.1, 0.15) is 68.9 Å². The van der Waals surface area contributed by atoms with E-state index in [4.69, 9.17) is 4.74 Å². The van der Waals surface area contributed by atoms with Gasteiger partial charge < -0.3 is 19.1 Å². The van der Waals surface area contributed by atoms with E-state index in [1.165, 1.54) is 12.1 Å². The van der Waals surface area contributed by atoms with Gasteiger partial charge in [-0.3, -0.25) is 9.78 Å². The number of amides is 2. The molecule has 1 saturated heterocycles. The highest BCUT2D eigenvalue weighted by Crippen LogP contribution is 2.32. The second-order valence-electron chi connectivity index (χ2n) is 11.7. The van der Waals surface area contributed by atoms with Crippen molar-refractivity contribution in [3.05, 3.63) is 59.3 Å². The number of carbonyl (C=O) groups is 2. The van der Waals surface area contributed by atoms with Crippen LogP contribution < -0.4 is 0 Å². The highest BCUT2D eigenvalue weighted by Gasteiger charge is 2.29. The Hall–Kier alpha value is -3.42. The van der Waals surface area contributed by atoms with Crippen LogP contribution in [-0.4, -0.2) is 63.1 Å². The number of benzene rings is 1. The minimum absolute atomic E-state index is 0.0290. The van der Waals surface area contributed by atoms with E-state index in [0.717, 1.165) is 41.3 Å². The maximum atomic E-state index is 14.4. The number of hydrogen-bond acceptors (Lipinski definition) is 4. The number of nitrogens with zero attached hydrogens (tertiary/aromatic N) is 4. The standard InChI is InChI=1S/C30H39FN4O3/c1-19(2)33(7)28(36)24-14-23(31)10-11-25(24)35-18-22(27-20(3)15-32-16-26(27)35)13-21-9-8-12-34(17-21)29(37)38-30(4,5)6/h10-11,14-16,18-19,21H,8-9,12-13,17H2,1-7H3/t21-/m1/s1. The normalized spacial score (nSPS) is 16.2. The summed E-state index contributed by atoms with van der Waals surface area (Å²) < 4.78 is 21.9. The monoisotopic (exact) mass is 522 g/mol. The number of aromatic nitrogens is 2. The number of hydrogen-bond donors (Lipinski definition) is 0. The number of ether oxygens (including phenoxy) is 1. The van der Waals surface area contributed by atoms with E-state index in [1.54, 1.807) is 24.2 Å². The third kappa shape index (κ3) is 5.84. The van der Waals surface area contributed by atoms with E-state index >= 15 is 0 Å². The number of fused-ring (bicyclic) bond motifs is 1. The van der Waals surface area contributed by atoms with E-state index in [0.29, 0.717) is 24.3 Å². The molecular weight excluding hydrogens is 483 g/mol. The summed E-state index contributed by atoms with van der Waals surface area (Å²) in [5.41, 5.74) is 3.41. The molecule has 0 unspecified atom stereocenters. The molecule has 3 aromatic rings. The van der Waals surface area contributed by atoms with E-state index in [-0.39, 0.29) is 24.0 Å². The van der Waals surface area contributed by atoms with Crippen molar-refractivity contribution in [2.45, 2.75) is 72.4 Å². The molecule has 1 aromatic carbocycles. The molecule has 2 aromatic heterocycles. The van der Waals surface area contributed by atoms with Crippen LogP contribution in [0, 0.1) is 18.7 Å². The van der Waals surface area contributed by atoms with Crippen LogP contribution in [0.5, 0.6) is 0 Å². The van der Waals surface area contributed by atoms with Gasteiger partial charge in [0.2, 0.25) is 0 Å². The highest BCUT2D eigenvalue weighted by atomic mass is 19.1. The average Bonchev–Trinajstić information content (AvgIpc) is 3.21. The van der Waals surface area contributed by atoms with Crippen molar-refractivity contribution in [2.24, 2.45) is 5.92 Å². The minimum atomic E-state index is -0.532. The Morgan fingerprint density at radius 2 is 1.97 bits per heavy atom. The first-order valence-electron chi connectivity index (χ1n) is 13.3. The number of piperidine rings is 1. The van der Waals surface area contributed by atoms with E-state index in [1.807, 2.05) is 63.4 Å². The molecule has 7 nitrogen and oxygen atoms in total. The van der Waals surface area contributed by atoms with Gasteiger partial charge in [-0.05, 0) is 96.0 Å². The van der Waals surface area contributed by atoms with Crippen LogP contribution in [0.4, 0.5) is 9.18 Å². The van der Waals surface area contributed by atoms with Crippen molar-refractivity contribution < 1.29 is 18.7 Å². The first-order chi connectivity index (χ1) is 17.9. The topological polar surface area (TPSA) is 67.7 Å². The molecule has 8 heteroatoms. The lowest BCUT2D eigenvalue weighted by molar-refractivity contribution is 0.0166. The van der Waals surface area contributed by atoms with Crippen LogP contribution in [0.2, 0.25) is 0 Å². The molecule has 0 N–H and O–H groups in total. The summed E-state index contributed by atoms with van der Waals surface area (Å²) in [7, 11) is 1.73. The first kappa shape index (κ1) is 27.6. The van der Waals surface area contributed by atoms with Gasteiger partial charge in [0.25, 0.3) is 5.91 Å². The largest absolute Gasteiger partial charge is 0.444 e. The van der Waals surface area contributed by atoms with Crippen LogP contribution >= 0.6 is 0 Å². The van der Waals surface area contributed by atoms with Crippen LogP contribution in [0.3, 0.4) is 0 Å². The van der Waals surface area contributed by atoms with Crippen molar-refractivity contribution in [3.8, 4) is 5.69 Å². The Bertz CT molecular complexity index is 1340. The van der Waals surface area contributed by atoms with Crippen molar-refractivity contribution >= 4 is 22.9 Å². The highest BCUT2D eigenvalue weighted by molar-refractivity contribution is 5.99. The molecule has 0 aliphatic carbocycles. The zero-order valence-electron chi connectivity index (χ0n) is 23.5. The molecule has 1 fully saturated rings. The summed E-state index contributed by atoms with van der Waals surface area (Å²) in [6, 6.07) is 4.33. The van der Waals surface area contributed by atoms with Crippen molar-refractivity contribution in [2.75, 3.05) is 20.1 Å². The van der Waals surface area contributed by atoms with Gasteiger partial charge >= 0.3 is 6.09 Å². The molecule has 3 heterocycles. The summed E-state index contributed by atoms with van der Waals surface area (Å²) in [4.78, 5) is 33.9. The van der Waals surface area contributed by atoms with Gasteiger partial charge in [0, 0.05) is 44.0 Å². The lowest BCUT2D eigenvalue weighted by atomic mass is 9.91. The van der Waals surface area contributed by atoms with Gasteiger partial charge in [-0.1, -0.05) is 0 Å². The smallest absolute Gasteiger partial charge is 0.410 e. The Morgan fingerprint density at radius 3 is 2.66 bits per heavy atom. The van der Waals surface area contributed by atoms with Gasteiger partial charge in [0.1, 0.15) is 11.4 Å². The summed E-state index contributed by atoms with van der Waals surface area (Å²) in [6.07, 6.45) is 8.11. The summed E-state index contributed by atoms with van der Waals surface area (Å²) in [5, 5.41) is 1.08. The molecule has 0 spiro atoms. The fraction of sp³-hybridized carbons (Fsp3) is 0.500. The zero-order valence-corrected chi connectivity index (χ0v) is 23.5. The molecule has 1 aliphatic heterocycles. The van der Waals surface area contributed by atoms with Gasteiger partial charge in [0.05, 0.1) is 23.0 Å². The van der Waals surface area contributed by atoms with Crippen LogP contribution in [0.15, 0.2) is 36.8 Å². The van der Waals surface area contributed by atoms with E-state index in [9.17, 15) is 14.0 Å². The first-order valence-corrected chi connectivity index (χ1v) is 13.3. The number of halogens is 1. The average molecular weight is 523 g/mol. The SMILES string of the molecule is Cc1cncc2c1c(C[C@H]1CCCN(C(=O)OC(C)(C)C)C1)cn2-c1ccc(F)cc1C(=O)N(C)C(C)C. The quantitative estimate of drug-likeness (QED) is 0.404. The van der Waals surface area contributed by atoms with Gasteiger partial charge in [-0.25, -0.2) is 9.18 Å². The number of carbonyl (C=O) groups excluding carboxylic acids is 2. The Balaban J connectivity index is 1.72. The number of likely N-dealkylation sites (tertiary alicyclic amines) is 1. The van der Waals surface area contributed by atoms with Gasteiger partial charge in [0.15, 0.2) is 0 Å². The molecule has 4 rings (SSSR count). The maximum absolute atomic E-state index is 14.4. The minimum Gasteiger partial charge on any atom is -0.444 e. The second-order valence-corrected chi connectivity index (χ2v) is 11.7. The summed E-state index contributed by atoms with van der Waals surface area (Å²) >= 11 is 0. The van der Waals surface area contributed by atoms with E-state index < -0.39 is 11.4 Å². The fourth-order valence-electron chi connectivity index (χ4n) is 5.14. The van der Waals surface area contributed by atoms with Gasteiger partial charge in [-0.15, -0.1) is 0 Å². The lowest BCUT2D eigenvalue weighted by Crippen LogP contribution is -2.43. The molecule has 204 valence electrons. The number of aryl methyl sites for hydroxylation is 1. The number of pyridine rings is 1. The molecule has 2 amide bonds. The lowest BCUT2D eigenvalue weighted by Gasteiger charge is -2.34. The van der Waals surface area contributed by atoms with Gasteiger partial charge in [-0.2, -0.15) is 0 Å². The molecule has 0 bridgehead atoms. The van der Waals surface area contributed by atoms with Crippen LogP contribution in [-0.2, 0) is 11.2 Å². The molecule has 0 saturated carbocycles. The molecule has 1 atom stereocenters.